The molecule has 0 saturated heterocycles. The van der Waals surface area contributed by atoms with Gasteiger partial charge in [0.25, 0.3) is 0 Å². The summed E-state index contributed by atoms with van der Waals surface area (Å²) in [7, 11) is 0. The van der Waals surface area contributed by atoms with Crippen molar-refractivity contribution in [1.29, 1.82) is 0 Å². The van der Waals surface area contributed by atoms with Crippen LogP contribution in [0.25, 0.3) is 0 Å². The molecule has 0 aliphatic rings. The SMILES string of the molecule is CCCCC/C=C\C\C=C/C=C/C=C/[C@H](SC[C@H](NC(=O)CC[C@H](N)C(=O)O)C(=O)O)[C@@H](O)CCCC(=O)O. The van der Waals surface area contributed by atoms with Crippen molar-refractivity contribution in [3.05, 3.63) is 48.6 Å². The van der Waals surface area contributed by atoms with Gasteiger partial charge in [0, 0.05) is 23.8 Å². The zero-order valence-corrected chi connectivity index (χ0v) is 23.4. The number of aliphatic hydroxyl groups excluding tert-OH is 1. The molecule has 10 nitrogen and oxygen atoms in total. The van der Waals surface area contributed by atoms with Gasteiger partial charge in [0.15, 0.2) is 0 Å². The van der Waals surface area contributed by atoms with Gasteiger partial charge in [0.05, 0.1) is 6.10 Å². The van der Waals surface area contributed by atoms with Crippen LogP contribution in [0.15, 0.2) is 48.6 Å². The zero-order valence-electron chi connectivity index (χ0n) is 22.6. The Morgan fingerprint density at radius 2 is 1.59 bits per heavy atom. The van der Waals surface area contributed by atoms with Gasteiger partial charge in [-0.15, -0.1) is 11.8 Å². The average Bonchev–Trinajstić information content (AvgIpc) is 2.88. The Morgan fingerprint density at radius 1 is 0.872 bits per heavy atom. The number of carbonyl (C=O) groups excluding carboxylic acids is 1. The number of hydrogen-bond donors (Lipinski definition) is 6. The Labute approximate surface area is 235 Å². The number of aliphatic carboxylic acids is 3. The van der Waals surface area contributed by atoms with E-state index in [0.717, 1.165) is 24.6 Å². The predicted molar refractivity (Wildman–Crippen MR) is 153 cm³/mol. The van der Waals surface area contributed by atoms with E-state index in [-0.39, 0.29) is 37.9 Å². The molecule has 0 fully saturated rings. The molecule has 1 amide bonds. The van der Waals surface area contributed by atoms with Crippen LogP contribution in [0.5, 0.6) is 0 Å². The van der Waals surface area contributed by atoms with Crippen molar-refractivity contribution in [3.8, 4) is 0 Å². The first-order chi connectivity index (χ1) is 18.6. The highest BCUT2D eigenvalue weighted by Gasteiger charge is 2.25. The fourth-order valence-corrected chi connectivity index (χ4v) is 4.44. The van der Waals surface area contributed by atoms with Crippen LogP contribution in [0.2, 0.25) is 0 Å². The predicted octanol–water partition coefficient (Wildman–Crippen LogP) is 3.66. The molecule has 0 rings (SSSR count). The van der Waals surface area contributed by atoms with Gasteiger partial charge in [-0.05, 0) is 38.5 Å². The molecule has 0 aromatic carbocycles. The first-order valence-corrected chi connectivity index (χ1v) is 14.3. The summed E-state index contributed by atoms with van der Waals surface area (Å²) in [6.45, 7) is 2.17. The Balaban J connectivity index is 5.01. The average molecular weight is 569 g/mol. The number of thioether (sulfide) groups is 1. The van der Waals surface area contributed by atoms with Gasteiger partial charge in [-0.3, -0.25) is 14.4 Å². The van der Waals surface area contributed by atoms with Crippen LogP contribution >= 0.6 is 11.8 Å². The van der Waals surface area contributed by atoms with Crippen LogP contribution < -0.4 is 11.1 Å². The topological polar surface area (TPSA) is 187 Å². The second-order valence-corrected chi connectivity index (χ2v) is 10.2. The summed E-state index contributed by atoms with van der Waals surface area (Å²) >= 11 is 1.12. The van der Waals surface area contributed by atoms with Crippen molar-refractivity contribution in [1.82, 2.24) is 5.32 Å². The maximum atomic E-state index is 12.1. The fraction of sp³-hybridized carbons (Fsp3) is 0.571. The number of nitrogens with one attached hydrogen (secondary N) is 1. The van der Waals surface area contributed by atoms with Crippen LogP contribution in [-0.4, -0.2) is 73.4 Å². The number of nitrogens with two attached hydrogens (primary N) is 1. The molecule has 0 unspecified atom stereocenters. The highest BCUT2D eigenvalue weighted by Crippen LogP contribution is 2.21. The van der Waals surface area contributed by atoms with Gasteiger partial charge < -0.3 is 31.5 Å². The molecule has 0 radical (unpaired) electrons. The van der Waals surface area contributed by atoms with Crippen molar-refractivity contribution in [2.24, 2.45) is 5.73 Å². The summed E-state index contributed by atoms with van der Waals surface area (Å²) in [5, 5.41) is 39.6. The lowest BCUT2D eigenvalue weighted by Crippen LogP contribution is -2.44. The molecule has 0 heterocycles. The van der Waals surface area contributed by atoms with E-state index in [9.17, 15) is 29.4 Å². The number of amides is 1. The summed E-state index contributed by atoms with van der Waals surface area (Å²) < 4.78 is 0. The first kappa shape index (κ1) is 36.1. The van der Waals surface area contributed by atoms with E-state index in [2.05, 4.69) is 24.4 Å². The van der Waals surface area contributed by atoms with E-state index in [1.807, 2.05) is 18.2 Å². The number of carboxylic acids is 3. The van der Waals surface area contributed by atoms with Gasteiger partial charge >= 0.3 is 17.9 Å². The fourth-order valence-electron chi connectivity index (χ4n) is 3.24. The normalized spacial score (nSPS) is 15.2. The van der Waals surface area contributed by atoms with Gasteiger partial charge in [-0.2, -0.15) is 0 Å². The quantitative estimate of drug-likeness (QED) is 0.0603. The van der Waals surface area contributed by atoms with E-state index in [1.165, 1.54) is 19.3 Å². The summed E-state index contributed by atoms with van der Waals surface area (Å²) in [5.74, 6) is -4.20. The Hall–Kier alpha value is -2.89. The number of carbonyl (C=O) groups is 4. The molecular formula is C28H44N2O8S. The van der Waals surface area contributed by atoms with Gasteiger partial charge in [-0.25, -0.2) is 4.79 Å². The van der Waals surface area contributed by atoms with Crippen LogP contribution in [0.1, 0.15) is 71.1 Å². The second kappa shape index (κ2) is 23.0. The highest BCUT2D eigenvalue weighted by molar-refractivity contribution is 8.00. The standard InChI is InChI=1S/C28H44N2O8S/c1-2-3-4-5-6-7-8-9-10-11-12-13-16-24(23(31)15-14-17-26(33)34)39-20-22(28(37)38)30-25(32)19-18-21(29)27(35)36/h6-7,9-13,16,21-24,31H,2-5,8,14-15,17-20,29H2,1H3,(H,30,32)(H,33,34)(H,35,36)(H,37,38)/b7-6-,10-9-,12-11+,16-13+/t21-,22-,23-,24-/m0/s1. The van der Waals surface area contributed by atoms with Crippen LogP contribution in [-0.2, 0) is 19.2 Å². The number of hydrogen-bond acceptors (Lipinski definition) is 7. The van der Waals surface area contributed by atoms with Crippen molar-refractivity contribution in [2.75, 3.05) is 5.75 Å². The van der Waals surface area contributed by atoms with E-state index >= 15 is 0 Å². The number of aliphatic hydroxyl groups is 1. The molecule has 0 bridgehead atoms. The molecule has 0 saturated carbocycles. The highest BCUT2D eigenvalue weighted by atomic mass is 32.2. The van der Waals surface area contributed by atoms with Crippen molar-refractivity contribution >= 4 is 35.6 Å². The molecular weight excluding hydrogens is 524 g/mol. The minimum Gasteiger partial charge on any atom is -0.481 e. The van der Waals surface area contributed by atoms with Crippen LogP contribution in [0, 0.1) is 0 Å². The molecule has 0 aromatic rings. The molecule has 220 valence electrons. The third-order valence-corrected chi connectivity index (χ3v) is 6.92. The van der Waals surface area contributed by atoms with Crippen LogP contribution in [0.4, 0.5) is 0 Å². The number of unbranched alkanes of at least 4 members (excludes halogenated alkanes) is 3. The Bertz CT molecular complexity index is 857. The monoisotopic (exact) mass is 568 g/mol. The molecule has 0 aromatic heterocycles. The van der Waals surface area contributed by atoms with Crippen molar-refractivity contribution in [3.63, 3.8) is 0 Å². The smallest absolute Gasteiger partial charge is 0.327 e. The molecule has 0 aliphatic heterocycles. The largest absolute Gasteiger partial charge is 0.481 e. The summed E-state index contributed by atoms with van der Waals surface area (Å²) in [6.07, 6.45) is 19.9. The number of carboxylic acid groups (broad SMARTS) is 3. The lowest BCUT2D eigenvalue weighted by atomic mass is 10.1. The van der Waals surface area contributed by atoms with E-state index in [4.69, 9.17) is 15.9 Å². The lowest BCUT2D eigenvalue weighted by molar-refractivity contribution is -0.141. The van der Waals surface area contributed by atoms with E-state index in [0.29, 0.717) is 0 Å². The summed E-state index contributed by atoms with van der Waals surface area (Å²) in [4.78, 5) is 45.4. The molecule has 11 heteroatoms. The lowest BCUT2D eigenvalue weighted by Gasteiger charge is -2.22. The number of rotatable bonds is 23. The summed E-state index contributed by atoms with van der Waals surface area (Å²) in [6, 6.07) is -2.49. The molecule has 7 N–H and O–H groups in total. The van der Waals surface area contributed by atoms with E-state index < -0.39 is 47.3 Å². The first-order valence-electron chi connectivity index (χ1n) is 13.2. The number of allylic oxidation sites excluding steroid dienone is 7. The molecule has 0 spiro atoms. The maximum Gasteiger partial charge on any atom is 0.327 e. The van der Waals surface area contributed by atoms with Gasteiger partial charge in [-0.1, -0.05) is 68.4 Å². The Morgan fingerprint density at radius 3 is 2.23 bits per heavy atom. The third-order valence-electron chi connectivity index (χ3n) is 5.54. The minimum absolute atomic E-state index is 0.0642. The third kappa shape index (κ3) is 20.7. The Kier molecular flexibility index (Phi) is 21.3. The van der Waals surface area contributed by atoms with Crippen molar-refractivity contribution in [2.45, 2.75) is 94.6 Å². The molecule has 39 heavy (non-hydrogen) atoms. The maximum absolute atomic E-state index is 12.1. The molecule has 4 atom stereocenters. The van der Waals surface area contributed by atoms with Gasteiger partial charge in [0.2, 0.25) is 5.91 Å². The van der Waals surface area contributed by atoms with Crippen molar-refractivity contribution < 1.29 is 39.6 Å². The summed E-state index contributed by atoms with van der Waals surface area (Å²) in [5.41, 5.74) is 5.38. The van der Waals surface area contributed by atoms with Gasteiger partial charge in [0.1, 0.15) is 12.1 Å². The molecule has 0 aliphatic carbocycles. The second-order valence-electron chi connectivity index (χ2n) is 8.99. The minimum atomic E-state index is -1.27. The zero-order chi connectivity index (χ0) is 29.5. The van der Waals surface area contributed by atoms with Crippen LogP contribution in [0.3, 0.4) is 0 Å². The van der Waals surface area contributed by atoms with E-state index in [1.54, 1.807) is 18.2 Å².